The lowest BCUT2D eigenvalue weighted by atomic mass is 10.1. The van der Waals surface area contributed by atoms with Crippen LogP contribution in [0.3, 0.4) is 0 Å². The number of nitrogens with one attached hydrogen (secondary N) is 2. The Kier molecular flexibility index (Phi) is 3.10. The van der Waals surface area contributed by atoms with Crippen LogP contribution < -0.4 is 5.32 Å². The van der Waals surface area contributed by atoms with Crippen LogP contribution in [-0.4, -0.2) is 35.9 Å². The zero-order chi connectivity index (χ0) is 16.0. The summed E-state index contributed by atoms with van der Waals surface area (Å²) in [4.78, 5) is 21.3. The fourth-order valence-electron chi connectivity index (χ4n) is 2.63. The molecule has 4 rings (SSSR count). The molecule has 3 heterocycles. The zero-order valence-corrected chi connectivity index (χ0v) is 12.9. The van der Waals surface area contributed by atoms with Crippen LogP contribution in [0.4, 0.5) is 5.95 Å². The summed E-state index contributed by atoms with van der Waals surface area (Å²) in [6, 6.07) is 2.05. The van der Waals surface area contributed by atoms with Gasteiger partial charge in [0.1, 0.15) is 6.33 Å². The van der Waals surface area contributed by atoms with Crippen molar-refractivity contribution in [2.24, 2.45) is 0 Å². The van der Waals surface area contributed by atoms with E-state index in [1.165, 1.54) is 6.33 Å². The second-order valence-corrected chi connectivity index (χ2v) is 6.08. The topological polar surface area (TPSA) is 101 Å². The molecular formula is C15H17N7O. The van der Waals surface area contributed by atoms with Gasteiger partial charge in [-0.15, -0.1) is 0 Å². The predicted octanol–water partition coefficient (Wildman–Crippen LogP) is 2.26. The molecule has 0 aromatic carbocycles. The van der Waals surface area contributed by atoms with E-state index in [-0.39, 0.29) is 11.9 Å². The van der Waals surface area contributed by atoms with Gasteiger partial charge in [-0.3, -0.25) is 10.1 Å². The maximum atomic E-state index is 12.6. The number of amides is 1. The number of nitrogens with zero attached hydrogens (tertiary/aromatic N) is 5. The maximum Gasteiger partial charge on any atom is 0.258 e. The van der Waals surface area contributed by atoms with Crippen molar-refractivity contribution >= 4 is 22.9 Å². The number of carbonyl (C=O) groups is 1. The molecule has 0 unspecified atom stereocenters. The lowest BCUT2D eigenvalue weighted by Gasteiger charge is -2.10. The van der Waals surface area contributed by atoms with E-state index in [2.05, 4.69) is 25.6 Å². The van der Waals surface area contributed by atoms with Crippen LogP contribution in [0, 0.1) is 0 Å². The van der Waals surface area contributed by atoms with Crippen molar-refractivity contribution in [3.63, 3.8) is 0 Å². The normalized spacial score (nSPS) is 14.6. The van der Waals surface area contributed by atoms with Gasteiger partial charge in [0.2, 0.25) is 5.95 Å². The molecule has 0 atom stereocenters. The highest BCUT2D eigenvalue weighted by Crippen LogP contribution is 2.40. The highest BCUT2D eigenvalue weighted by Gasteiger charge is 2.28. The van der Waals surface area contributed by atoms with E-state index >= 15 is 0 Å². The smallest absolute Gasteiger partial charge is 0.258 e. The van der Waals surface area contributed by atoms with E-state index in [0.29, 0.717) is 17.4 Å². The van der Waals surface area contributed by atoms with Crippen LogP contribution in [0.1, 0.15) is 54.7 Å². The van der Waals surface area contributed by atoms with E-state index in [4.69, 9.17) is 4.98 Å². The van der Waals surface area contributed by atoms with Crippen LogP contribution in [0.25, 0.3) is 11.0 Å². The molecule has 3 aromatic heterocycles. The monoisotopic (exact) mass is 311 g/mol. The molecule has 23 heavy (non-hydrogen) atoms. The first-order valence-corrected chi connectivity index (χ1v) is 7.68. The Balaban J connectivity index is 1.82. The number of aromatic amines is 1. The number of anilines is 1. The van der Waals surface area contributed by atoms with Gasteiger partial charge < -0.3 is 0 Å². The van der Waals surface area contributed by atoms with Crippen molar-refractivity contribution in [3.8, 4) is 0 Å². The molecule has 2 N–H and O–H groups in total. The van der Waals surface area contributed by atoms with Gasteiger partial charge >= 0.3 is 0 Å². The van der Waals surface area contributed by atoms with E-state index in [0.717, 1.165) is 29.6 Å². The molecule has 1 aliphatic carbocycles. The second-order valence-electron chi connectivity index (χ2n) is 6.08. The van der Waals surface area contributed by atoms with Gasteiger partial charge in [-0.25, -0.2) is 14.8 Å². The number of carbonyl (C=O) groups excluding carboxylic acids is 1. The molecule has 1 aliphatic rings. The molecule has 0 bridgehead atoms. The molecule has 3 aromatic rings. The van der Waals surface area contributed by atoms with Gasteiger partial charge in [0, 0.05) is 17.7 Å². The maximum absolute atomic E-state index is 12.6. The molecule has 0 radical (unpaired) electrons. The summed E-state index contributed by atoms with van der Waals surface area (Å²) in [5.41, 5.74) is 2.29. The van der Waals surface area contributed by atoms with E-state index < -0.39 is 0 Å². The molecule has 1 amide bonds. The van der Waals surface area contributed by atoms with E-state index in [9.17, 15) is 4.79 Å². The molecule has 1 saturated carbocycles. The Morgan fingerprint density at radius 3 is 2.91 bits per heavy atom. The van der Waals surface area contributed by atoms with Crippen molar-refractivity contribution in [1.29, 1.82) is 0 Å². The van der Waals surface area contributed by atoms with Crippen LogP contribution in [0.5, 0.6) is 0 Å². The number of pyridine rings is 1. The Morgan fingerprint density at radius 2 is 2.26 bits per heavy atom. The van der Waals surface area contributed by atoms with Gasteiger partial charge in [-0.2, -0.15) is 15.2 Å². The van der Waals surface area contributed by atoms with E-state index in [1.54, 1.807) is 6.20 Å². The standard InChI is InChI=1S/C15H17N7O/c1-8(2)22-13-11(6-18-22)10(5-12(19-13)9-3-4-9)14(23)20-15-16-7-17-21-15/h5-9H,3-4H2,1-2H3,(H2,16,17,20,21,23). The average molecular weight is 311 g/mol. The lowest BCUT2D eigenvalue weighted by Crippen LogP contribution is -2.14. The van der Waals surface area contributed by atoms with Crippen LogP contribution >= 0.6 is 0 Å². The minimum atomic E-state index is -0.237. The molecule has 8 nitrogen and oxygen atoms in total. The van der Waals surface area contributed by atoms with Crippen molar-refractivity contribution in [2.45, 2.75) is 38.6 Å². The summed E-state index contributed by atoms with van der Waals surface area (Å²) in [6.07, 6.45) is 5.30. The van der Waals surface area contributed by atoms with Crippen LogP contribution in [0.2, 0.25) is 0 Å². The minimum absolute atomic E-state index is 0.180. The fraction of sp³-hybridized carbons (Fsp3) is 0.400. The van der Waals surface area contributed by atoms with Gasteiger partial charge in [0.15, 0.2) is 5.65 Å². The number of hydrogen-bond donors (Lipinski definition) is 2. The molecule has 118 valence electrons. The highest BCUT2D eigenvalue weighted by molar-refractivity contribution is 6.11. The van der Waals surface area contributed by atoms with Gasteiger partial charge in [-0.1, -0.05) is 0 Å². The molecular weight excluding hydrogens is 294 g/mol. The first kappa shape index (κ1) is 13.9. The van der Waals surface area contributed by atoms with Crippen molar-refractivity contribution in [2.75, 3.05) is 5.32 Å². The molecule has 0 aliphatic heterocycles. The minimum Gasteiger partial charge on any atom is -0.291 e. The molecule has 8 heteroatoms. The Morgan fingerprint density at radius 1 is 1.43 bits per heavy atom. The second kappa shape index (κ2) is 5.15. The Hall–Kier alpha value is -2.77. The summed E-state index contributed by atoms with van der Waals surface area (Å²) in [5, 5.41) is 14.2. The number of fused-ring (bicyclic) bond motifs is 1. The number of H-pyrrole nitrogens is 1. The molecule has 1 fully saturated rings. The predicted molar refractivity (Wildman–Crippen MR) is 84.2 cm³/mol. The summed E-state index contributed by atoms with van der Waals surface area (Å²) in [7, 11) is 0. The largest absolute Gasteiger partial charge is 0.291 e. The summed E-state index contributed by atoms with van der Waals surface area (Å²) in [5.74, 6) is 0.537. The Bertz CT molecular complexity index is 861. The molecule has 0 saturated heterocycles. The van der Waals surface area contributed by atoms with Crippen LogP contribution in [-0.2, 0) is 0 Å². The summed E-state index contributed by atoms with van der Waals surface area (Å²) >= 11 is 0. The number of rotatable bonds is 4. The SMILES string of the molecule is CC(C)n1ncc2c(C(=O)Nc3ncn[nH]3)cc(C3CC3)nc21. The number of aromatic nitrogens is 6. The lowest BCUT2D eigenvalue weighted by molar-refractivity contribution is 0.102. The first-order valence-electron chi connectivity index (χ1n) is 7.68. The average Bonchev–Trinajstić information content (AvgIpc) is 3.08. The van der Waals surface area contributed by atoms with E-state index in [1.807, 2.05) is 24.6 Å². The number of hydrogen-bond acceptors (Lipinski definition) is 5. The fourth-order valence-corrected chi connectivity index (χ4v) is 2.63. The molecule has 0 spiro atoms. The highest BCUT2D eigenvalue weighted by atomic mass is 16.1. The van der Waals surface area contributed by atoms with Gasteiger partial charge in [0.05, 0.1) is 17.1 Å². The first-order chi connectivity index (χ1) is 11.1. The quantitative estimate of drug-likeness (QED) is 0.769. The van der Waals surface area contributed by atoms with Crippen molar-refractivity contribution < 1.29 is 4.79 Å². The van der Waals surface area contributed by atoms with Gasteiger partial charge in [-0.05, 0) is 32.8 Å². The third-order valence-corrected chi connectivity index (χ3v) is 3.96. The van der Waals surface area contributed by atoms with Gasteiger partial charge in [0.25, 0.3) is 5.91 Å². The van der Waals surface area contributed by atoms with Crippen molar-refractivity contribution in [3.05, 3.63) is 29.8 Å². The summed E-state index contributed by atoms with van der Waals surface area (Å²) in [6.45, 7) is 4.10. The zero-order valence-electron chi connectivity index (χ0n) is 12.9. The van der Waals surface area contributed by atoms with Crippen molar-refractivity contribution in [1.82, 2.24) is 29.9 Å². The Labute approximate surface area is 132 Å². The summed E-state index contributed by atoms with van der Waals surface area (Å²) < 4.78 is 1.85. The third kappa shape index (κ3) is 2.45. The third-order valence-electron chi connectivity index (χ3n) is 3.96. The van der Waals surface area contributed by atoms with Crippen LogP contribution in [0.15, 0.2) is 18.6 Å².